The van der Waals surface area contributed by atoms with Crippen molar-refractivity contribution in [1.82, 2.24) is 0 Å². The molecule has 0 aliphatic rings. The molecule has 0 radical (unpaired) electrons. The highest BCUT2D eigenvalue weighted by molar-refractivity contribution is 6.30. The maximum absolute atomic E-state index is 12.5. The van der Waals surface area contributed by atoms with Gasteiger partial charge in [-0.1, -0.05) is 54.1 Å². The van der Waals surface area contributed by atoms with Gasteiger partial charge >= 0.3 is 0 Å². The molecule has 0 spiro atoms. The molecular formula is C25H17ClO2. The van der Waals surface area contributed by atoms with Gasteiger partial charge in [-0.15, -0.1) is 0 Å². The maximum atomic E-state index is 12.5. The minimum atomic E-state index is -0.0459. The van der Waals surface area contributed by atoms with Crippen molar-refractivity contribution in [3.8, 4) is 22.6 Å². The van der Waals surface area contributed by atoms with Gasteiger partial charge in [-0.3, -0.25) is 4.79 Å². The van der Waals surface area contributed by atoms with E-state index in [0.29, 0.717) is 21.9 Å². The Hall–Kier alpha value is -3.36. The molecule has 0 saturated carbocycles. The van der Waals surface area contributed by atoms with E-state index in [1.54, 1.807) is 48.5 Å². The normalized spacial score (nSPS) is 10.5. The lowest BCUT2D eigenvalue weighted by molar-refractivity contribution is 0.103. The third-order valence-corrected chi connectivity index (χ3v) is 4.67. The number of rotatable bonds is 5. The third kappa shape index (κ3) is 4.13. The Morgan fingerprint density at radius 2 is 1.04 bits per heavy atom. The number of ether oxygens (including phenoxy) is 1. The summed E-state index contributed by atoms with van der Waals surface area (Å²) in [5.41, 5.74) is 3.51. The second kappa shape index (κ2) is 8.12. The van der Waals surface area contributed by atoms with Gasteiger partial charge in [0, 0.05) is 16.1 Å². The molecule has 0 aromatic heterocycles. The van der Waals surface area contributed by atoms with Gasteiger partial charge < -0.3 is 4.74 Å². The zero-order valence-electron chi connectivity index (χ0n) is 15.0. The molecule has 0 amide bonds. The summed E-state index contributed by atoms with van der Waals surface area (Å²) in [5.74, 6) is 1.38. The Morgan fingerprint density at radius 3 is 1.61 bits per heavy atom. The molecule has 0 aliphatic heterocycles. The lowest BCUT2D eigenvalue weighted by Crippen LogP contribution is -2.00. The Kier molecular flexibility index (Phi) is 5.22. The molecule has 28 heavy (non-hydrogen) atoms. The molecule has 0 aliphatic carbocycles. The van der Waals surface area contributed by atoms with Crippen molar-refractivity contribution in [3.05, 3.63) is 119 Å². The minimum absolute atomic E-state index is 0.0459. The van der Waals surface area contributed by atoms with Crippen LogP contribution >= 0.6 is 11.6 Å². The average molecular weight is 385 g/mol. The fourth-order valence-corrected chi connectivity index (χ4v) is 3.05. The second-order valence-corrected chi connectivity index (χ2v) is 6.79. The second-order valence-electron chi connectivity index (χ2n) is 6.35. The molecule has 0 unspecified atom stereocenters. The highest BCUT2D eigenvalue weighted by Gasteiger charge is 2.09. The van der Waals surface area contributed by atoms with Crippen molar-refractivity contribution in [3.63, 3.8) is 0 Å². The number of halogens is 1. The van der Waals surface area contributed by atoms with E-state index in [1.807, 2.05) is 42.5 Å². The first-order valence-electron chi connectivity index (χ1n) is 8.93. The molecule has 2 nitrogen and oxygen atoms in total. The van der Waals surface area contributed by atoms with E-state index < -0.39 is 0 Å². The molecule has 3 heteroatoms. The maximum Gasteiger partial charge on any atom is 0.193 e. The molecule has 136 valence electrons. The van der Waals surface area contributed by atoms with Crippen molar-refractivity contribution in [2.24, 2.45) is 0 Å². The van der Waals surface area contributed by atoms with Crippen LogP contribution in [-0.4, -0.2) is 5.78 Å². The summed E-state index contributed by atoms with van der Waals surface area (Å²) in [6.07, 6.45) is 0. The van der Waals surface area contributed by atoms with E-state index in [4.69, 9.17) is 16.3 Å². The van der Waals surface area contributed by atoms with Gasteiger partial charge in [-0.05, 0) is 71.8 Å². The van der Waals surface area contributed by atoms with E-state index in [2.05, 4.69) is 12.1 Å². The summed E-state index contributed by atoms with van der Waals surface area (Å²) in [7, 11) is 0. The third-order valence-electron chi connectivity index (χ3n) is 4.42. The van der Waals surface area contributed by atoms with Gasteiger partial charge in [0.25, 0.3) is 0 Å². The summed E-state index contributed by atoms with van der Waals surface area (Å²) in [6, 6.07) is 32.2. The van der Waals surface area contributed by atoms with Crippen molar-refractivity contribution in [1.29, 1.82) is 0 Å². The van der Waals surface area contributed by atoms with Crippen molar-refractivity contribution < 1.29 is 9.53 Å². The van der Waals surface area contributed by atoms with Crippen LogP contribution in [0.4, 0.5) is 0 Å². The smallest absolute Gasteiger partial charge is 0.193 e. The number of carbonyl (C=O) groups excluding carboxylic acids is 1. The molecular weight excluding hydrogens is 368 g/mol. The number of carbonyl (C=O) groups is 1. The Morgan fingerprint density at radius 1 is 0.571 bits per heavy atom. The van der Waals surface area contributed by atoms with Crippen molar-refractivity contribution in [2.45, 2.75) is 0 Å². The number of hydrogen-bond donors (Lipinski definition) is 0. The Bertz CT molecular complexity index is 1070. The molecule has 0 saturated heterocycles. The monoisotopic (exact) mass is 384 g/mol. The predicted octanol–water partition coefficient (Wildman–Crippen LogP) is 7.03. The zero-order chi connectivity index (χ0) is 19.3. The Balaban J connectivity index is 1.46. The molecule has 0 fully saturated rings. The summed E-state index contributed by atoms with van der Waals surface area (Å²) in [5, 5.41) is 0.610. The van der Waals surface area contributed by atoms with E-state index in [0.717, 1.165) is 11.3 Å². The predicted molar refractivity (Wildman–Crippen MR) is 113 cm³/mol. The van der Waals surface area contributed by atoms with Crippen LogP contribution < -0.4 is 4.74 Å². The quantitative estimate of drug-likeness (QED) is 0.345. The first kappa shape index (κ1) is 18.0. The molecule has 0 atom stereocenters. The van der Waals surface area contributed by atoms with Gasteiger partial charge in [0.05, 0.1) is 0 Å². The zero-order valence-corrected chi connectivity index (χ0v) is 15.8. The summed E-state index contributed by atoms with van der Waals surface area (Å²) >= 11 is 5.88. The lowest BCUT2D eigenvalue weighted by Gasteiger charge is -2.08. The van der Waals surface area contributed by atoms with Crippen LogP contribution in [0.25, 0.3) is 11.1 Å². The summed E-state index contributed by atoms with van der Waals surface area (Å²) < 4.78 is 5.90. The topological polar surface area (TPSA) is 26.3 Å². The molecule has 0 bridgehead atoms. The number of ketones is 1. The standard InChI is InChI=1S/C25H17ClO2/c26-22-12-6-20(7-13-22)25(27)21-10-16-24(17-11-21)28-23-14-8-19(9-15-23)18-4-2-1-3-5-18/h1-17H. The molecule has 4 aromatic carbocycles. The molecule has 0 heterocycles. The number of benzene rings is 4. The lowest BCUT2D eigenvalue weighted by atomic mass is 10.0. The van der Waals surface area contributed by atoms with Crippen LogP contribution in [0, 0.1) is 0 Å². The fourth-order valence-electron chi connectivity index (χ4n) is 2.92. The van der Waals surface area contributed by atoms with Crippen LogP contribution in [0.5, 0.6) is 11.5 Å². The van der Waals surface area contributed by atoms with Gasteiger partial charge in [0.2, 0.25) is 0 Å². The van der Waals surface area contributed by atoms with E-state index in [-0.39, 0.29) is 5.78 Å². The summed E-state index contributed by atoms with van der Waals surface area (Å²) in [4.78, 5) is 12.5. The van der Waals surface area contributed by atoms with Gasteiger partial charge in [-0.25, -0.2) is 0 Å². The average Bonchev–Trinajstić information content (AvgIpc) is 2.75. The van der Waals surface area contributed by atoms with E-state index in [1.165, 1.54) is 5.56 Å². The van der Waals surface area contributed by atoms with Crippen LogP contribution in [0.2, 0.25) is 5.02 Å². The summed E-state index contributed by atoms with van der Waals surface area (Å²) in [6.45, 7) is 0. The van der Waals surface area contributed by atoms with E-state index >= 15 is 0 Å². The van der Waals surface area contributed by atoms with Gasteiger partial charge in [0.1, 0.15) is 11.5 Å². The largest absolute Gasteiger partial charge is 0.457 e. The van der Waals surface area contributed by atoms with Crippen LogP contribution in [0.3, 0.4) is 0 Å². The van der Waals surface area contributed by atoms with Crippen LogP contribution in [0.1, 0.15) is 15.9 Å². The fraction of sp³-hybridized carbons (Fsp3) is 0. The van der Waals surface area contributed by atoms with Crippen molar-refractivity contribution >= 4 is 17.4 Å². The first-order chi connectivity index (χ1) is 13.7. The molecule has 0 N–H and O–H groups in total. The number of hydrogen-bond acceptors (Lipinski definition) is 2. The van der Waals surface area contributed by atoms with E-state index in [9.17, 15) is 4.79 Å². The molecule has 4 aromatic rings. The van der Waals surface area contributed by atoms with Crippen LogP contribution in [-0.2, 0) is 0 Å². The highest BCUT2D eigenvalue weighted by Crippen LogP contribution is 2.26. The highest BCUT2D eigenvalue weighted by atomic mass is 35.5. The first-order valence-corrected chi connectivity index (χ1v) is 9.30. The van der Waals surface area contributed by atoms with Crippen molar-refractivity contribution in [2.75, 3.05) is 0 Å². The SMILES string of the molecule is O=C(c1ccc(Cl)cc1)c1ccc(Oc2ccc(-c3ccccc3)cc2)cc1. The van der Waals surface area contributed by atoms with Gasteiger partial charge in [0.15, 0.2) is 5.78 Å². The minimum Gasteiger partial charge on any atom is -0.457 e. The van der Waals surface area contributed by atoms with Gasteiger partial charge in [-0.2, -0.15) is 0 Å². The van der Waals surface area contributed by atoms with Crippen LogP contribution in [0.15, 0.2) is 103 Å². The molecule has 4 rings (SSSR count). The Labute approximate surface area is 169 Å².